The molecule has 18 heavy (non-hydrogen) atoms. The van der Waals surface area contributed by atoms with Crippen molar-refractivity contribution in [2.45, 2.75) is 32.4 Å². The van der Waals surface area contributed by atoms with Gasteiger partial charge in [0.05, 0.1) is 18.2 Å². The number of hydrogen-bond donors (Lipinski definition) is 2. The Morgan fingerprint density at radius 1 is 1.67 bits per heavy atom. The quantitative estimate of drug-likeness (QED) is 0.715. The van der Waals surface area contributed by atoms with Crippen LogP contribution in [0.4, 0.5) is 0 Å². The topological polar surface area (TPSA) is 82.2 Å². The van der Waals surface area contributed by atoms with Gasteiger partial charge in [-0.05, 0) is 6.42 Å². The summed E-state index contributed by atoms with van der Waals surface area (Å²) in [6.45, 7) is 2.89. The van der Waals surface area contributed by atoms with Gasteiger partial charge in [0.2, 0.25) is 5.91 Å². The largest absolute Gasteiger partial charge is 0.380 e. The highest BCUT2D eigenvalue weighted by atomic mass is 16.5. The van der Waals surface area contributed by atoms with E-state index >= 15 is 0 Å². The molecule has 0 fully saturated rings. The molecule has 0 saturated heterocycles. The minimum Gasteiger partial charge on any atom is -0.380 e. The molecule has 1 atom stereocenters. The Morgan fingerprint density at radius 2 is 2.39 bits per heavy atom. The van der Waals surface area contributed by atoms with Crippen molar-refractivity contribution in [1.82, 2.24) is 15.1 Å². The summed E-state index contributed by atoms with van der Waals surface area (Å²) in [7, 11) is 3.43. The van der Waals surface area contributed by atoms with Crippen LogP contribution in [0.3, 0.4) is 0 Å². The first-order valence-electron chi connectivity index (χ1n) is 6.11. The van der Waals surface area contributed by atoms with Gasteiger partial charge in [-0.2, -0.15) is 5.10 Å². The number of carbonyl (C=O) groups is 1. The molecule has 0 spiro atoms. The molecule has 6 nitrogen and oxygen atoms in total. The highest BCUT2D eigenvalue weighted by Gasteiger charge is 2.12. The van der Waals surface area contributed by atoms with Gasteiger partial charge in [0.25, 0.3) is 0 Å². The number of nitrogens with two attached hydrogens (primary N) is 1. The summed E-state index contributed by atoms with van der Waals surface area (Å²) < 4.78 is 6.83. The number of rotatable bonds is 7. The van der Waals surface area contributed by atoms with Gasteiger partial charge in [0, 0.05) is 39.0 Å². The Kier molecular flexibility index (Phi) is 5.80. The van der Waals surface area contributed by atoms with Crippen molar-refractivity contribution in [3.63, 3.8) is 0 Å². The molecule has 1 aromatic heterocycles. The van der Waals surface area contributed by atoms with Crippen LogP contribution in [0.25, 0.3) is 0 Å². The van der Waals surface area contributed by atoms with E-state index in [9.17, 15) is 4.79 Å². The van der Waals surface area contributed by atoms with Crippen molar-refractivity contribution in [2.75, 3.05) is 13.7 Å². The predicted molar refractivity (Wildman–Crippen MR) is 68.9 cm³/mol. The van der Waals surface area contributed by atoms with E-state index in [0.717, 1.165) is 17.7 Å². The van der Waals surface area contributed by atoms with Gasteiger partial charge in [0.15, 0.2) is 0 Å². The number of carbonyl (C=O) groups excluding carboxylic acids is 1. The van der Waals surface area contributed by atoms with E-state index in [4.69, 9.17) is 10.5 Å². The first kappa shape index (κ1) is 14.7. The number of nitrogens with one attached hydrogen (secondary N) is 1. The third-order valence-electron chi connectivity index (χ3n) is 2.81. The van der Waals surface area contributed by atoms with E-state index in [0.29, 0.717) is 13.1 Å². The second-order valence-electron chi connectivity index (χ2n) is 4.20. The molecule has 0 saturated carbocycles. The zero-order chi connectivity index (χ0) is 13.5. The summed E-state index contributed by atoms with van der Waals surface area (Å²) in [5.41, 5.74) is 7.53. The fourth-order valence-electron chi connectivity index (χ4n) is 1.76. The van der Waals surface area contributed by atoms with Crippen LogP contribution in [0.5, 0.6) is 0 Å². The van der Waals surface area contributed by atoms with Crippen LogP contribution in [-0.4, -0.2) is 35.4 Å². The van der Waals surface area contributed by atoms with Crippen LogP contribution in [-0.2, 0) is 29.5 Å². The molecule has 6 heteroatoms. The fraction of sp³-hybridized carbons (Fsp3) is 0.667. The molecule has 1 amide bonds. The molecule has 1 unspecified atom stereocenters. The molecule has 3 N–H and O–H groups in total. The monoisotopic (exact) mass is 254 g/mol. The van der Waals surface area contributed by atoms with Gasteiger partial charge in [-0.3, -0.25) is 9.48 Å². The summed E-state index contributed by atoms with van der Waals surface area (Å²) in [5, 5.41) is 7.18. The lowest BCUT2D eigenvalue weighted by Gasteiger charge is -2.12. The first-order chi connectivity index (χ1) is 8.60. The molecule has 0 aliphatic heterocycles. The van der Waals surface area contributed by atoms with Crippen molar-refractivity contribution in [1.29, 1.82) is 0 Å². The molecule has 0 aromatic carbocycles. The molecule has 0 aliphatic rings. The van der Waals surface area contributed by atoms with Crippen molar-refractivity contribution in [3.8, 4) is 0 Å². The van der Waals surface area contributed by atoms with E-state index in [1.54, 1.807) is 11.8 Å². The van der Waals surface area contributed by atoms with E-state index < -0.39 is 0 Å². The van der Waals surface area contributed by atoms with E-state index in [2.05, 4.69) is 10.4 Å². The van der Waals surface area contributed by atoms with Crippen LogP contribution in [0.2, 0.25) is 0 Å². The lowest BCUT2D eigenvalue weighted by Crippen LogP contribution is -2.32. The Hall–Kier alpha value is -1.40. The fourth-order valence-corrected chi connectivity index (χ4v) is 1.76. The summed E-state index contributed by atoms with van der Waals surface area (Å²) in [6, 6.07) is 0. The second kappa shape index (κ2) is 7.13. The third kappa shape index (κ3) is 4.12. The number of methoxy groups -OCH3 is 1. The Balaban J connectivity index is 2.46. The zero-order valence-corrected chi connectivity index (χ0v) is 11.3. The molecule has 1 aromatic rings. The van der Waals surface area contributed by atoms with Gasteiger partial charge < -0.3 is 15.8 Å². The summed E-state index contributed by atoms with van der Waals surface area (Å²) in [6.07, 6.45) is 2.85. The number of aryl methyl sites for hydroxylation is 2. The maximum absolute atomic E-state index is 11.7. The molecule has 0 bridgehead atoms. The van der Waals surface area contributed by atoms with Crippen LogP contribution >= 0.6 is 0 Å². The highest BCUT2D eigenvalue weighted by Crippen LogP contribution is 2.06. The summed E-state index contributed by atoms with van der Waals surface area (Å²) in [4.78, 5) is 11.7. The van der Waals surface area contributed by atoms with Gasteiger partial charge >= 0.3 is 0 Å². The molecule has 1 heterocycles. The molecule has 1 rings (SSSR count). The van der Waals surface area contributed by atoms with Gasteiger partial charge in [-0.1, -0.05) is 6.92 Å². The molecular formula is C12H22N4O2. The minimum absolute atomic E-state index is 0.0572. The van der Waals surface area contributed by atoms with E-state index in [-0.39, 0.29) is 18.4 Å². The molecule has 0 aliphatic carbocycles. The Bertz CT molecular complexity index is 385. The number of aromatic nitrogens is 2. The Labute approximate surface area is 107 Å². The summed E-state index contributed by atoms with van der Waals surface area (Å²) >= 11 is 0. The van der Waals surface area contributed by atoms with Crippen molar-refractivity contribution < 1.29 is 9.53 Å². The number of amides is 1. The Morgan fingerprint density at radius 3 is 2.94 bits per heavy atom. The van der Waals surface area contributed by atoms with Crippen LogP contribution in [0.1, 0.15) is 24.6 Å². The third-order valence-corrected chi connectivity index (χ3v) is 2.81. The van der Waals surface area contributed by atoms with E-state index in [1.165, 1.54) is 0 Å². The average Bonchev–Trinajstić information content (AvgIpc) is 2.73. The number of nitrogens with zero attached hydrogens (tertiary/aromatic N) is 2. The molecule has 0 radical (unpaired) electrons. The minimum atomic E-state index is -0.218. The zero-order valence-electron chi connectivity index (χ0n) is 11.3. The maximum Gasteiger partial charge on any atom is 0.222 e. The first-order valence-corrected chi connectivity index (χ1v) is 6.11. The lowest BCUT2D eigenvalue weighted by atomic mass is 10.2. The van der Waals surface area contributed by atoms with Crippen LogP contribution in [0.15, 0.2) is 6.20 Å². The maximum atomic E-state index is 11.7. The van der Waals surface area contributed by atoms with Gasteiger partial charge in [-0.15, -0.1) is 0 Å². The van der Waals surface area contributed by atoms with Crippen molar-refractivity contribution in [3.05, 3.63) is 17.5 Å². The lowest BCUT2D eigenvalue weighted by molar-refractivity contribution is -0.123. The highest BCUT2D eigenvalue weighted by molar-refractivity contribution is 5.76. The normalized spacial score (nSPS) is 12.4. The number of ether oxygens (including phenoxy) is 1. The van der Waals surface area contributed by atoms with Gasteiger partial charge in [0.1, 0.15) is 0 Å². The average molecular weight is 254 g/mol. The smallest absolute Gasteiger partial charge is 0.222 e. The number of hydrogen-bond acceptors (Lipinski definition) is 4. The SMILES string of the molecule is CCc1nn(C)cc1CNC(=O)CC(CN)OC. The standard InChI is InChI=1S/C12H22N4O2/c1-4-11-9(8-16(2)15-11)7-14-12(17)5-10(6-13)18-3/h8,10H,4-7,13H2,1-3H3,(H,14,17). The van der Waals surface area contributed by atoms with E-state index in [1.807, 2.05) is 20.2 Å². The molecular weight excluding hydrogens is 232 g/mol. The summed E-state index contributed by atoms with van der Waals surface area (Å²) in [5.74, 6) is -0.0572. The molecule has 102 valence electrons. The predicted octanol–water partition coefficient (Wildman–Crippen LogP) is -0.0375. The van der Waals surface area contributed by atoms with Crippen LogP contribution in [0, 0.1) is 0 Å². The van der Waals surface area contributed by atoms with Gasteiger partial charge in [-0.25, -0.2) is 0 Å². The van der Waals surface area contributed by atoms with Crippen LogP contribution < -0.4 is 11.1 Å². The van der Waals surface area contributed by atoms with Crippen molar-refractivity contribution in [2.24, 2.45) is 12.8 Å². The van der Waals surface area contributed by atoms with Crippen molar-refractivity contribution >= 4 is 5.91 Å². The second-order valence-corrected chi connectivity index (χ2v) is 4.20.